The SMILES string of the molecule is CCc1cccc(Oc2cc(Cl)nc(C)n2)c1. The molecule has 0 atom stereocenters. The lowest BCUT2D eigenvalue weighted by molar-refractivity contribution is 0.459. The van der Waals surface area contributed by atoms with Gasteiger partial charge >= 0.3 is 0 Å². The minimum absolute atomic E-state index is 0.388. The monoisotopic (exact) mass is 248 g/mol. The van der Waals surface area contributed by atoms with Crippen LogP contribution in [0.5, 0.6) is 11.6 Å². The number of benzene rings is 1. The van der Waals surface area contributed by atoms with E-state index in [0.717, 1.165) is 12.2 Å². The molecule has 0 radical (unpaired) electrons. The molecule has 0 aliphatic carbocycles. The number of aromatic nitrogens is 2. The summed E-state index contributed by atoms with van der Waals surface area (Å²) in [6, 6.07) is 9.51. The van der Waals surface area contributed by atoms with Crippen molar-refractivity contribution in [2.24, 2.45) is 0 Å². The van der Waals surface area contributed by atoms with Gasteiger partial charge in [-0.2, -0.15) is 4.98 Å². The van der Waals surface area contributed by atoms with Gasteiger partial charge in [0.1, 0.15) is 16.7 Å². The van der Waals surface area contributed by atoms with E-state index in [0.29, 0.717) is 16.9 Å². The van der Waals surface area contributed by atoms with Gasteiger partial charge in [0, 0.05) is 6.07 Å². The number of aryl methyl sites for hydroxylation is 2. The molecule has 1 aromatic heterocycles. The van der Waals surface area contributed by atoms with E-state index in [1.807, 2.05) is 18.2 Å². The van der Waals surface area contributed by atoms with Crippen LogP contribution in [0.3, 0.4) is 0 Å². The highest BCUT2D eigenvalue weighted by Crippen LogP contribution is 2.22. The molecule has 0 bridgehead atoms. The van der Waals surface area contributed by atoms with E-state index in [4.69, 9.17) is 16.3 Å². The summed E-state index contributed by atoms with van der Waals surface area (Å²) in [6.45, 7) is 3.88. The molecule has 0 unspecified atom stereocenters. The molecule has 3 nitrogen and oxygen atoms in total. The molecule has 17 heavy (non-hydrogen) atoms. The van der Waals surface area contributed by atoms with Gasteiger partial charge in [-0.1, -0.05) is 30.7 Å². The Labute approximate surface area is 105 Å². The van der Waals surface area contributed by atoms with Crippen molar-refractivity contribution < 1.29 is 4.74 Å². The lowest BCUT2D eigenvalue weighted by Gasteiger charge is -2.06. The predicted octanol–water partition coefficient (Wildman–Crippen LogP) is 3.79. The van der Waals surface area contributed by atoms with Gasteiger partial charge in [0.25, 0.3) is 0 Å². The Kier molecular flexibility index (Phi) is 3.59. The van der Waals surface area contributed by atoms with Crippen LogP contribution in [-0.4, -0.2) is 9.97 Å². The predicted molar refractivity (Wildman–Crippen MR) is 67.7 cm³/mol. The summed E-state index contributed by atoms with van der Waals surface area (Å²) in [4.78, 5) is 8.15. The maximum atomic E-state index is 5.84. The molecule has 0 fully saturated rings. The number of hydrogen-bond donors (Lipinski definition) is 0. The standard InChI is InChI=1S/C13H13ClN2O/c1-3-10-5-4-6-11(7-10)17-13-8-12(14)15-9(2)16-13/h4-8H,3H2,1-2H3. The molecule has 0 saturated heterocycles. The highest BCUT2D eigenvalue weighted by atomic mass is 35.5. The van der Waals surface area contributed by atoms with Crippen molar-refractivity contribution in [2.45, 2.75) is 20.3 Å². The molecule has 1 aromatic carbocycles. The van der Waals surface area contributed by atoms with Crippen molar-refractivity contribution in [3.05, 3.63) is 46.9 Å². The third kappa shape index (κ3) is 3.17. The third-order valence-corrected chi connectivity index (χ3v) is 2.51. The van der Waals surface area contributed by atoms with Crippen LogP contribution >= 0.6 is 11.6 Å². The van der Waals surface area contributed by atoms with E-state index in [9.17, 15) is 0 Å². The second kappa shape index (κ2) is 5.15. The van der Waals surface area contributed by atoms with E-state index in [1.54, 1.807) is 13.0 Å². The fourth-order valence-corrected chi connectivity index (χ4v) is 1.72. The van der Waals surface area contributed by atoms with Gasteiger partial charge in [0.05, 0.1) is 0 Å². The van der Waals surface area contributed by atoms with Gasteiger partial charge in [-0.25, -0.2) is 4.98 Å². The maximum Gasteiger partial charge on any atom is 0.224 e. The fraction of sp³-hybridized carbons (Fsp3) is 0.231. The minimum Gasteiger partial charge on any atom is -0.439 e. The molecule has 4 heteroatoms. The molecule has 0 amide bonds. The summed E-state index contributed by atoms with van der Waals surface area (Å²) in [7, 11) is 0. The maximum absolute atomic E-state index is 5.84. The first-order chi connectivity index (χ1) is 8.17. The van der Waals surface area contributed by atoms with E-state index >= 15 is 0 Å². The van der Waals surface area contributed by atoms with E-state index in [2.05, 4.69) is 23.0 Å². The van der Waals surface area contributed by atoms with Crippen LogP contribution in [0.4, 0.5) is 0 Å². The van der Waals surface area contributed by atoms with Gasteiger partial charge < -0.3 is 4.74 Å². The molecule has 2 aromatic rings. The number of nitrogens with zero attached hydrogens (tertiary/aromatic N) is 2. The van der Waals surface area contributed by atoms with Gasteiger partial charge in [-0.15, -0.1) is 0 Å². The highest BCUT2D eigenvalue weighted by molar-refractivity contribution is 6.29. The molecule has 0 N–H and O–H groups in total. The van der Waals surface area contributed by atoms with Crippen LogP contribution in [-0.2, 0) is 6.42 Å². The summed E-state index contributed by atoms with van der Waals surface area (Å²) in [5.74, 6) is 1.83. The molecule has 0 saturated carbocycles. The van der Waals surface area contributed by atoms with Crippen molar-refractivity contribution in [3.8, 4) is 11.6 Å². The Balaban J connectivity index is 2.24. The summed E-state index contributed by atoms with van der Waals surface area (Å²) in [5, 5.41) is 0.388. The third-order valence-electron chi connectivity index (χ3n) is 2.31. The van der Waals surface area contributed by atoms with Crippen LogP contribution in [0.2, 0.25) is 5.15 Å². The molecule has 2 rings (SSSR count). The van der Waals surface area contributed by atoms with Gasteiger partial charge in [-0.05, 0) is 31.0 Å². The summed E-state index contributed by atoms with van der Waals surface area (Å²) >= 11 is 5.84. The largest absolute Gasteiger partial charge is 0.439 e. The molecular weight excluding hydrogens is 236 g/mol. The lowest BCUT2D eigenvalue weighted by Crippen LogP contribution is -1.93. The van der Waals surface area contributed by atoms with Crippen molar-refractivity contribution >= 4 is 11.6 Å². The van der Waals surface area contributed by atoms with E-state index in [-0.39, 0.29) is 0 Å². The summed E-state index contributed by atoms with van der Waals surface area (Å²) in [5.41, 5.74) is 1.22. The normalized spacial score (nSPS) is 10.3. The minimum atomic E-state index is 0.388. The summed E-state index contributed by atoms with van der Waals surface area (Å²) in [6.07, 6.45) is 0.973. The first-order valence-corrected chi connectivity index (χ1v) is 5.83. The molecule has 0 aliphatic heterocycles. The quantitative estimate of drug-likeness (QED) is 0.775. The van der Waals surface area contributed by atoms with Crippen molar-refractivity contribution in [3.63, 3.8) is 0 Å². The Morgan fingerprint density at radius 2 is 2.06 bits per heavy atom. The van der Waals surface area contributed by atoms with Crippen LogP contribution in [0.25, 0.3) is 0 Å². The second-order valence-corrected chi connectivity index (χ2v) is 4.07. The number of ether oxygens (including phenoxy) is 1. The highest BCUT2D eigenvalue weighted by Gasteiger charge is 2.03. The average molecular weight is 249 g/mol. The average Bonchev–Trinajstić information content (AvgIpc) is 2.28. The number of halogens is 1. The number of rotatable bonds is 3. The molecule has 0 spiro atoms. The van der Waals surface area contributed by atoms with Gasteiger partial charge in [0.15, 0.2) is 0 Å². The molecule has 0 aliphatic rings. The molecule has 88 valence electrons. The zero-order chi connectivity index (χ0) is 12.3. The Hall–Kier alpha value is -1.61. The van der Waals surface area contributed by atoms with Crippen LogP contribution < -0.4 is 4.74 Å². The summed E-state index contributed by atoms with van der Waals surface area (Å²) < 4.78 is 5.65. The first-order valence-electron chi connectivity index (χ1n) is 5.45. The number of hydrogen-bond acceptors (Lipinski definition) is 3. The van der Waals surface area contributed by atoms with Gasteiger partial charge in [-0.3, -0.25) is 0 Å². The lowest BCUT2D eigenvalue weighted by atomic mass is 10.2. The smallest absolute Gasteiger partial charge is 0.224 e. The first kappa shape index (κ1) is 11.9. The Bertz CT molecular complexity index is 508. The van der Waals surface area contributed by atoms with E-state index in [1.165, 1.54) is 5.56 Å². The van der Waals surface area contributed by atoms with Crippen molar-refractivity contribution in [2.75, 3.05) is 0 Å². The molecule has 1 heterocycles. The fourth-order valence-electron chi connectivity index (χ4n) is 1.51. The van der Waals surface area contributed by atoms with Gasteiger partial charge in [0.2, 0.25) is 5.88 Å². The Morgan fingerprint density at radius 1 is 1.24 bits per heavy atom. The van der Waals surface area contributed by atoms with Crippen LogP contribution in [0.15, 0.2) is 30.3 Å². The zero-order valence-electron chi connectivity index (χ0n) is 9.77. The second-order valence-electron chi connectivity index (χ2n) is 3.68. The van der Waals surface area contributed by atoms with Crippen LogP contribution in [0, 0.1) is 6.92 Å². The Morgan fingerprint density at radius 3 is 2.76 bits per heavy atom. The topological polar surface area (TPSA) is 35.0 Å². The molecular formula is C13H13ClN2O. The van der Waals surface area contributed by atoms with Crippen LogP contribution in [0.1, 0.15) is 18.3 Å². The van der Waals surface area contributed by atoms with E-state index < -0.39 is 0 Å². The van der Waals surface area contributed by atoms with Crippen molar-refractivity contribution in [1.29, 1.82) is 0 Å². The van der Waals surface area contributed by atoms with Crippen molar-refractivity contribution in [1.82, 2.24) is 9.97 Å². The zero-order valence-corrected chi connectivity index (χ0v) is 10.5.